The first-order valence-electron chi connectivity index (χ1n) is 7.93. The largest absolute Gasteiger partial charge is 0.370 e. The van der Waals surface area contributed by atoms with Crippen LogP contribution in [0.15, 0.2) is 17.5 Å². The number of hydrogen-bond acceptors (Lipinski definition) is 4. The molecule has 1 spiro atoms. The number of likely N-dealkylation sites (tertiary alicyclic amines) is 1. The number of hydrogen-bond donors (Lipinski definition) is 1. The number of ether oxygens (including phenoxy) is 1. The van der Waals surface area contributed by atoms with Gasteiger partial charge in [-0.15, -0.1) is 11.3 Å². The van der Waals surface area contributed by atoms with Crippen LogP contribution in [0, 0.1) is 0 Å². The van der Waals surface area contributed by atoms with Crippen molar-refractivity contribution < 1.29 is 18.3 Å². The maximum Gasteiger partial charge on any atom is 0.279 e. The van der Waals surface area contributed by atoms with E-state index in [2.05, 4.69) is 21.6 Å². The molecule has 2 aromatic heterocycles. The van der Waals surface area contributed by atoms with Gasteiger partial charge >= 0.3 is 0 Å². The lowest BCUT2D eigenvalue weighted by Gasteiger charge is -2.43. The number of alkyl halides is 2. The highest BCUT2D eigenvalue weighted by atomic mass is 32.1. The van der Waals surface area contributed by atoms with Crippen LogP contribution in [0.1, 0.15) is 45.9 Å². The number of H-pyrrole nitrogens is 1. The Bertz CT molecular complexity index is 750. The molecule has 2 aromatic rings. The topological polar surface area (TPSA) is 58.2 Å². The Labute approximate surface area is 141 Å². The van der Waals surface area contributed by atoms with Crippen molar-refractivity contribution in [3.63, 3.8) is 0 Å². The number of carbonyl (C=O) groups is 1. The van der Waals surface area contributed by atoms with Gasteiger partial charge in [-0.3, -0.25) is 9.89 Å². The van der Waals surface area contributed by atoms with Gasteiger partial charge in [0.2, 0.25) is 0 Å². The summed E-state index contributed by atoms with van der Waals surface area (Å²) in [5.74, 6) is -0.311. The molecule has 0 aliphatic carbocycles. The van der Waals surface area contributed by atoms with Crippen LogP contribution in [0.3, 0.4) is 0 Å². The SMILES string of the molecule is O=C(c1cc(C(F)F)[nH]n1)N1CCC2(CC1)OCCc1sccc12. The lowest BCUT2D eigenvalue weighted by molar-refractivity contribution is -0.0926. The smallest absolute Gasteiger partial charge is 0.279 e. The van der Waals surface area contributed by atoms with E-state index in [1.165, 1.54) is 10.4 Å². The molecule has 4 rings (SSSR count). The standard InChI is InChI=1S/C16H17F2N3O2S/c17-14(18)11-9-12(20-19-11)15(22)21-5-3-16(4-6-21)10-2-8-24-13(10)1-7-23-16/h2,8-9,14H,1,3-7H2,(H,19,20). The van der Waals surface area contributed by atoms with E-state index in [1.54, 1.807) is 16.2 Å². The van der Waals surface area contributed by atoms with Crippen LogP contribution >= 0.6 is 11.3 Å². The minimum Gasteiger partial charge on any atom is -0.370 e. The molecule has 8 heteroatoms. The lowest BCUT2D eigenvalue weighted by Crippen LogP contribution is -2.48. The van der Waals surface area contributed by atoms with Gasteiger partial charge in [-0.2, -0.15) is 5.10 Å². The van der Waals surface area contributed by atoms with Crippen molar-refractivity contribution in [1.29, 1.82) is 0 Å². The number of thiophene rings is 1. The highest BCUT2D eigenvalue weighted by Gasteiger charge is 2.42. The van der Waals surface area contributed by atoms with Crippen LogP contribution in [0.5, 0.6) is 0 Å². The number of rotatable bonds is 2. The Balaban J connectivity index is 1.48. The Morgan fingerprint density at radius 3 is 2.92 bits per heavy atom. The third kappa shape index (κ3) is 2.53. The Morgan fingerprint density at radius 2 is 2.21 bits per heavy atom. The summed E-state index contributed by atoms with van der Waals surface area (Å²) in [6.45, 7) is 1.77. The summed E-state index contributed by atoms with van der Waals surface area (Å²) < 4.78 is 31.4. The number of carbonyl (C=O) groups excluding carboxylic acids is 1. The predicted molar refractivity (Wildman–Crippen MR) is 84.3 cm³/mol. The third-order valence-electron chi connectivity index (χ3n) is 4.85. The number of nitrogens with one attached hydrogen (secondary N) is 1. The average Bonchev–Trinajstić information content (AvgIpc) is 3.25. The number of aromatic amines is 1. The predicted octanol–water partition coefficient (Wildman–Crippen LogP) is 3.11. The number of fused-ring (bicyclic) bond motifs is 2. The normalized spacial score (nSPS) is 19.7. The molecule has 0 bridgehead atoms. The molecule has 0 radical (unpaired) electrons. The summed E-state index contributed by atoms with van der Waals surface area (Å²) in [4.78, 5) is 15.5. The molecule has 0 saturated carbocycles. The molecule has 1 fully saturated rings. The maximum absolute atomic E-state index is 12.6. The van der Waals surface area contributed by atoms with Crippen molar-refractivity contribution in [2.45, 2.75) is 31.3 Å². The molecule has 24 heavy (non-hydrogen) atoms. The molecular weight excluding hydrogens is 336 g/mol. The second-order valence-electron chi connectivity index (χ2n) is 6.15. The van der Waals surface area contributed by atoms with E-state index in [0.29, 0.717) is 32.5 Å². The minimum atomic E-state index is -2.66. The van der Waals surface area contributed by atoms with E-state index >= 15 is 0 Å². The van der Waals surface area contributed by atoms with Crippen LogP contribution in [0.2, 0.25) is 0 Å². The molecule has 1 N–H and O–H groups in total. The zero-order valence-corrected chi connectivity index (χ0v) is 13.7. The lowest BCUT2D eigenvalue weighted by atomic mass is 9.82. The molecule has 2 aliphatic rings. The molecule has 1 saturated heterocycles. The van der Waals surface area contributed by atoms with Crippen molar-refractivity contribution in [2.24, 2.45) is 0 Å². The molecule has 4 heterocycles. The second kappa shape index (κ2) is 5.93. The first-order valence-corrected chi connectivity index (χ1v) is 8.80. The molecule has 0 aromatic carbocycles. The minimum absolute atomic E-state index is 0.0436. The summed E-state index contributed by atoms with van der Waals surface area (Å²) in [7, 11) is 0. The molecule has 0 unspecified atom stereocenters. The van der Waals surface area contributed by atoms with Gasteiger partial charge in [0.1, 0.15) is 5.69 Å². The van der Waals surface area contributed by atoms with Gasteiger partial charge in [-0.25, -0.2) is 8.78 Å². The number of piperidine rings is 1. The molecule has 1 amide bonds. The van der Waals surface area contributed by atoms with Gasteiger partial charge < -0.3 is 9.64 Å². The van der Waals surface area contributed by atoms with Gasteiger partial charge in [0.15, 0.2) is 5.69 Å². The Hall–Kier alpha value is -1.80. The van der Waals surface area contributed by atoms with Crippen LogP contribution in [-0.4, -0.2) is 40.7 Å². The van der Waals surface area contributed by atoms with Gasteiger partial charge in [-0.05, 0) is 35.9 Å². The number of aromatic nitrogens is 2. The van der Waals surface area contributed by atoms with Gasteiger partial charge in [0, 0.05) is 24.4 Å². The van der Waals surface area contributed by atoms with Crippen LogP contribution in [0.25, 0.3) is 0 Å². The monoisotopic (exact) mass is 353 g/mol. The fourth-order valence-electron chi connectivity index (χ4n) is 3.56. The zero-order chi connectivity index (χ0) is 16.7. The summed E-state index contributed by atoms with van der Waals surface area (Å²) in [6, 6.07) is 3.25. The molecule has 5 nitrogen and oxygen atoms in total. The van der Waals surface area contributed by atoms with Crippen molar-refractivity contribution in [3.8, 4) is 0 Å². The van der Waals surface area contributed by atoms with Crippen molar-refractivity contribution in [3.05, 3.63) is 39.3 Å². The zero-order valence-electron chi connectivity index (χ0n) is 12.9. The van der Waals surface area contributed by atoms with E-state index in [1.807, 2.05) is 0 Å². The van der Waals surface area contributed by atoms with E-state index < -0.39 is 6.43 Å². The number of halogens is 2. The fraction of sp³-hybridized carbons (Fsp3) is 0.500. The van der Waals surface area contributed by atoms with Gasteiger partial charge in [0.05, 0.1) is 12.2 Å². The van der Waals surface area contributed by atoms with Crippen molar-refractivity contribution >= 4 is 17.2 Å². The fourth-order valence-corrected chi connectivity index (χ4v) is 4.51. The van der Waals surface area contributed by atoms with Gasteiger partial charge in [-0.1, -0.05) is 0 Å². The third-order valence-corrected chi connectivity index (χ3v) is 5.83. The first kappa shape index (κ1) is 15.7. The highest BCUT2D eigenvalue weighted by molar-refractivity contribution is 7.10. The second-order valence-corrected chi connectivity index (χ2v) is 7.15. The Morgan fingerprint density at radius 1 is 1.42 bits per heavy atom. The van der Waals surface area contributed by atoms with Crippen LogP contribution in [0.4, 0.5) is 8.78 Å². The van der Waals surface area contributed by atoms with Gasteiger partial charge in [0.25, 0.3) is 12.3 Å². The first-order chi connectivity index (χ1) is 11.6. The van der Waals surface area contributed by atoms with Crippen LogP contribution in [-0.2, 0) is 16.8 Å². The molecule has 0 atom stereocenters. The maximum atomic E-state index is 12.6. The quantitative estimate of drug-likeness (QED) is 0.902. The molecular formula is C16H17F2N3O2S. The summed E-state index contributed by atoms with van der Waals surface area (Å²) in [5.41, 5.74) is 0.669. The van der Waals surface area contributed by atoms with E-state index in [0.717, 1.165) is 12.5 Å². The van der Waals surface area contributed by atoms with E-state index in [4.69, 9.17) is 4.74 Å². The van der Waals surface area contributed by atoms with E-state index in [9.17, 15) is 13.6 Å². The summed E-state index contributed by atoms with van der Waals surface area (Å²) >= 11 is 1.76. The summed E-state index contributed by atoms with van der Waals surface area (Å²) in [6.07, 6.45) is -0.277. The molecule has 2 aliphatic heterocycles. The Kier molecular flexibility index (Phi) is 3.88. The summed E-state index contributed by atoms with van der Waals surface area (Å²) in [5, 5.41) is 8.03. The van der Waals surface area contributed by atoms with Crippen molar-refractivity contribution in [2.75, 3.05) is 19.7 Å². The van der Waals surface area contributed by atoms with E-state index in [-0.39, 0.29) is 22.9 Å². The molecule has 128 valence electrons. The van der Waals surface area contributed by atoms with Crippen molar-refractivity contribution in [1.82, 2.24) is 15.1 Å². The number of nitrogens with zero attached hydrogens (tertiary/aromatic N) is 2. The average molecular weight is 353 g/mol. The highest BCUT2D eigenvalue weighted by Crippen LogP contribution is 2.43. The number of amides is 1. The van der Waals surface area contributed by atoms with Crippen LogP contribution < -0.4 is 0 Å².